The fourth-order valence-corrected chi connectivity index (χ4v) is 5.35. The van der Waals surface area contributed by atoms with Crippen LogP contribution < -0.4 is 14.9 Å². The van der Waals surface area contributed by atoms with Crippen LogP contribution in [0.25, 0.3) is 0 Å². The molecule has 1 aliphatic rings. The molecule has 0 N–H and O–H groups in total. The first-order valence-corrected chi connectivity index (χ1v) is 13.3. The van der Waals surface area contributed by atoms with Crippen molar-refractivity contribution in [3.8, 4) is 0 Å². The van der Waals surface area contributed by atoms with Gasteiger partial charge in [0.2, 0.25) is 0 Å². The zero-order chi connectivity index (χ0) is 26.8. The van der Waals surface area contributed by atoms with Gasteiger partial charge in [-0.3, -0.25) is 5.01 Å². The van der Waals surface area contributed by atoms with Gasteiger partial charge in [0, 0.05) is 19.8 Å². The van der Waals surface area contributed by atoms with Gasteiger partial charge in [-0.25, -0.2) is 10.0 Å². The average molecular weight is 509 g/mol. The lowest BCUT2D eigenvalue weighted by Gasteiger charge is -2.62. The molecule has 0 radical (unpaired) electrons. The van der Waals surface area contributed by atoms with Gasteiger partial charge >= 0.3 is 0 Å². The minimum absolute atomic E-state index is 0.650. The number of rotatable bonds is 6. The van der Waals surface area contributed by atoms with Gasteiger partial charge in [0.05, 0.1) is 17.1 Å². The Bertz CT molecular complexity index is 1520. The number of hydrogen-bond donors (Lipinski definition) is 0. The standard InChI is InChI=1S/C35H32N4/c1-27-19-21-30(22-20-27)36-34-35(28-13-7-4-8-14-28,29-15-9-5-10-16-29)39(38(34)32-17-11-6-12-18-32)33-25-23-31(24-26-33)37(2)3/h4-26H,1-3H3. The van der Waals surface area contributed by atoms with E-state index in [9.17, 15) is 0 Å². The van der Waals surface area contributed by atoms with Crippen molar-refractivity contribution in [3.05, 3.63) is 156 Å². The lowest BCUT2D eigenvalue weighted by Crippen LogP contribution is -2.77. The number of amidine groups is 1. The fourth-order valence-electron chi connectivity index (χ4n) is 5.35. The monoisotopic (exact) mass is 508 g/mol. The zero-order valence-corrected chi connectivity index (χ0v) is 22.6. The topological polar surface area (TPSA) is 22.1 Å². The normalized spacial score (nSPS) is 15.2. The van der Waals surface area contributed by atoms with Crippen LogP contribution in [0.3, 0.4) is 0 Å². The summed E-state index contributed by atoms with van der Waals surface area (Å²) in [6, 6.07) is 49.1. The maximum Gasteiger partial charge on any atom is 0.171 e. The van der Waals surface area contributed by atoms with Crippen molar-refractivity contribution < 1.29 is 0 Å². The zero-order valence-electron chi connectivity index (χ0n) is 22.6. The molecule has 0 aromatic heterocycles. The number of nitrogens with zero attached hydrogens (tertiary/aromatic N) is 4. The largest absolute Gasteiger partial charge is 0.378 e. The lowest BCUT2D eigenvalue weighted by atomic mass is 9.76. The van der Waals surface area contributed by atoms with Crippen LogP contribution in [0.5, 0.6) is 0 Å². The highest BCUT2D eigenvalue weighted by Crippen LogP contribution is 2.52. The molecule has 4 heteroatoms. The van der Waals surface area contributed by atoms with Crippen LogP contribution in [0.15, 0.2) is 145 Å². The maximum absolute atomic E-state index is 5.38. The number of hydrogen-bond acceptors (Lipinski definition) is 3. The molecule has 4 nitrogen and oxygen atoms in total. The molecule has 0 atom stereocenters. The number of hydrazine groups is 1. The third-order valence-electron chi connectivity index (χ3n) is 7.31. The van der Waals surface area contributed by atoms with Crippen LogP contribution in [0.4, 0.5) is 22.7 Å². The molecule has 1 fully saturated rings. The van der Waals surface area contributed by atoms with Crippen molar-refractivity contribution in [1.29, 1.82) is 0 Å². The lowest BCUT2D eigenvalue weighted by molar-refractivity contribution is 0.535. The predicted octanol–water partition coefficient (Wildman–Crippen LogP) is 7.98. The van der Waals surface area contributed by atoms with Crippen molar-refractivity contribution in [2.45, 2.75) is 12.5 Å². The Kier molecular flexibility index (Phi) is 6.37. The van der Waals surface area contributed by atoms with E-state index in [-0.39, 0.29) is 0 Å². The molecule has 0 saturated carbocycles. The molecule has 1 aliphatic heterocycles. The van der Waals surface area contributed by atoms with Crippen LogP contribution in [0, 0.1) is 6.92 Å². The molecule has 1 saturated heterocycles. The second kappa shape index (κ2) is 10.1. The minimum Gasteiger partial charge on any atom is -0.378 e. The summed E-state index contributed by atoms with van der Waals surface area (Å²) in [5.41, 5.74) is 7.11. The van der Waals surface area contributed by atoms with Gasteiger partial charge in [0.25, 0.3) is 0 Å². The van der Waals surface area contributed by atoms with Crippen LogP contribution >= 0.6 is 0 Å². The third-order valence-corrected chi connectivity index (χ3v) is 7.31. The number of aryl methyl sites for hydroxylation is 1. The second-order valence-corrected chi connectivity index (χ2v) is 10.1. The maximum atomic E-state index is 5.38. The summed E-state index contributed by atoms with van der Waals surface area (Å²) in [4.78, 5) is 7.51. The highest BCUT2D eigenvalue weighted by molar-refractivity contribution is 6.19. The van der Waals surface area contributed by atoms with Crippen molar-refractivity contribution in [1.82, 2.24) is 0 Å². The Balaban J connectivity index is 1.67. The Morgan fingerprint density at radius 1 is 0.564 bits per heavy atom. The quantitative estimate of drug-likeness (QED) is 0.232. The molecular formula is C35H32N4. The SMILES string of the molecule is Cc1ccc(N=C2N(c3ccccc3)N(c3ccc(N(C)C)cc3)C2(c2ccccc2)c2ccccc2)cc1. The molecule has 1 heterocycles. The van der Waals surface area contributed by atoms with E-state index >= 15 is 0 Å². The predicted molar refractivity (Wildman–Crippen MR) is 164 cm³/mol. The second-order valence-electron chi connectivity index (χ2n) is 10.1. The molecular weight excluding hydrogens is 476 g/mol. The molecule has 0 spiro atoms. The van der Waals surface area contributed by atoms with Crippen LogP contribution in [0.1, 0.15) is 16.7 Å². The molecule has 5 aromatic carbocycles. The van der Waals surface area contributed by atoms with E-state index in [0.29, 0.717) is 0 Å². The first-order chi connectivity index (χ1) is 19.1. The van der Waals surface area contributed by atoms with Crippen LogP contribution in [-0.2, 0) is 5.54 Å². The van der Waals surface area contributed by atoms with E-state index in [1.165, 1.54) is 5.56 Å². The van der Waals surface area contributed by atoms with Gasteiger partial charge in [-0.15, -0.1) is 0 Å². The summed E-state index contributed by atoms with van der Waals surface area (Å²) in [5, 5.41) is 4.64. The number of anilines is 3. The number of benzene rings is 5. The Morgan fingerprint density at radius 2 is 1.08 bits per heavy atom. The van der Waals surface area contributed by atoms with Gasteiger partial charge in [-0.1, -0.05) is 96.6 Å². The van der Waals surface area contributed by atoms with E-state index in [1.807, 2.05) is 0 Å². The molecule has 192 valence electrons. The minimum atomic E-state index is -0.650. The van der Waals surface area contributed by atoms with Crippen molar-refractivity contribution in [2.75, 3.05) is 29.0 Å². The average Bonchev–Trinajstić information content (AvgIpc) is 2.98. The Labute approximate surface area is 231 Å². The smallest absolute Gasteiger partial charge is 0.171 e. The molecule has 0 unspecified atom stereocenters. The van der Waals surface area contributed by atoms with E-state index in [1.54, 1.807) is 0 Å². The summed E-state index contributed by atoms with van der Waals surface area (Å²) in [6.45, 7) is 2.11. The van der Waals surface area contributed by atoms with E-state index in [0.717, 1.165) is 39.7 Å². The molecule has 0 bridgehead atoms. The summed E-state index contributed by atoms with van der Waals surface area (Å²) in [6.07, 6.45) is 0. The van der Waals surface area contributed by atoms with Crippen LogP contribution in [-0.4, -0.2) is 19.9 Å². The van der Waals surface area contributed by atoms with Crippen molar-refractivity contribution in [2.24, 2.45) is 4.99 Å². The van der Waals surface area contributed by atoms with Gasteiger partial charge in [-0.05, 0) is 66.6 Å². The molecule has 39 heavy (non-hydrogen) atoms. The van der Waals surface area contributed by atoms with Gasteiger partial charge in [0.15, 0.2) is 11.4 Å². The summed E-state index contributed by atoms with van der Waals surface area (Å²) in [5.74, 6) is 0.951. The number of para-hydroxylation sites is 1. The molecule has 0 aliphatic carbocycles. The van der Waals surface area contributed by atoms with Crippen molar-refractivity contribution in [3.63, 3.8) is 0 Å². The molecule has 0 amide bonds. The fraction of sp³-hybridized carbons (Fsp3) is 0.114. The first kappa shape index (κ1) is 24.5. The van der Waals surface area contributed by atoms with Crippen LogP contribution in [0.2, 0.25) is 0 Å². The van der Waals surface area contributed by atoms with Crippen molar-refractivity contribution >= 4 is 28.6 Å². The summed E-state index contributed by atoms with van der Waals surface area (Å²) >= 11 is 0. The highest BCUT2D eigenvalue weighted by atomic mass is 15.8. The molecule has 6 rings (SSSR count). The molecule has 5 aromatic rings. The third kappa shape index (κ3) is 4.24. The van der Waals surface area contributed by atoms with Gasteiger partial charge in [-0.2, -0.15) is 0 Å². The van der Waals surface area contributed by atoms with E-state index < -0.39 is 5.54 Å². The summed E-state index contributed by atoms with van der Waals surface area (Å²) in [7, 11) is 4.14. The van der Waals surface area contributed by atoms with Gasteiger partial charge < -0.3 is 4.90 Å². The Morgan fingerprint density at radius 3 is 1.59 bits per heavy atom. The van der Waals surface area contributed by atoms with E-state index in [4.69, 9.17) is 4.99 Å². The van der Waals surface area contributed by atoms with Gasteiger partial charge in [0.1, 0.15) is 0 Å². The Hall–Kier alpha value is -4.83. The van der Waals surface area contributed by atoms with E-state index in [2.05, 4.69) is 175 Å². The first-order valence-electron chi connectivity index (χ1n) is 13.3. The highest BCUT2D eigenvalue weighted by Gasteiger charge is 2.60. The summed E-state index contributed by atoms with van der Waals surface area (Å²) < 4.78 is 0. The number of aliphatic imine (C=N–C) groups is 1.